The van der Waals surface area contributed by atoms with E-state index in [-0.39, 0.29) is 5.88 Å². The molecule has 0 saturated heterocycles. The Labute approximate surface area is 139 Å². The molecule has 0 fully saturated rings. The molecule has 0 atom stereocenters. The lowest BCUT2D eigenvalue weighted by atomic mass is 10.3. The van der Waals surface area contributed by atoms with Gasteiger partial charge in [0.2, 0.25) is 5.88 Å². The van der Waals surface area contributed by atoms with Gasteiger partial charge in [-0.25, -0.2) is 9.97 Å². The molecule has 0 spiro atoms. The number of aromatic nitrogens is 4. The summed E-state index contributed by atoms with van der Waals surface area (Å²) in [6.45, 7) is 0. The Morgan fingerprint density at radius 3 is 2.81 bits per heavy atom. The lowest BCUT2D eigenvalue weighted by Gasteiger charge is -2.08. The van der Waals surface area contributed by atoms with Crippen LogP contribution < -0.4 is 4.74 Å². The van der Waals surface area contributed by atoms with Crippen LogP contribution in [0.15, 0.2) is 29.0 Å². The van der Waals surface area contributed by atoms with Crippen LogP contribution in [0.5, 0.6) is 5.88 Å². The lowest BCUT2D eigenvalue weighted by molar-refractivity contribution is 0.401. The zero-order valence-corrected chi connectivity index (χ0v) is 13.9. The van der Waals surface area contributed by atoms with E-state index in [1.54, 1.807) is 0 Å². The minimum atomic E-state index is 0.229. The molecule has 1 aromatic carbocycles. The van der Waals surface area contributed by atoms with Crippen molar-refractivity contribution >= 4 is 50.3 Å². The maximum absolute atomic E-state index is 6.16. The van der Waals surface area contributed by atoms with Crippen molar-refractivity contribution in [1.29, 1.82) is 0 Å². The minimum absolute atomic E-state index is 0.229. The molecular formula is C13H9BrCl2N4O. The summed E-state index contributed by atoms with van der Waals surface area (Å²) in [5, 5.41) is 0.593. The van der Waals surface area contributed by atoms with Gasteiger partial charge in [0.1, 0.15) is 12.2 Å². The number of rotatable bonds is 3. The molecule has 0 aliphatic heterocycles. The third-order valence-electron chi connectivity index (χ3n) is 2.95. The molecule has 0 aliphatic carbocycles. The van der Waals surface area contributed by atoms with Gasteiger partial charge in [0.25, 0.3) is 0 Å². The Kier molecular flexibility index (Phi) is 4.01. The average molecular weight is 388 g/mol. The highest BCUT2D eigenvalue weighted by Crippen LogP contribution is 2.29. The van der Waals surface area contributed by atoms with Crippen molar-refractivity contribution in [3.8, 4) is 11.6 Å². The zero-order chi connectivity index (χ0) is 15.0. The van der Waals surface area contributed by atoms with Crippen LogP contribution in [-0.4, -0.2) is 26.6 Å². The third kappa shape index (κ3) is 2.47. The largest absolute Gasteiger partial charge is 0.479 e. The van der Waals surface area contributed by atoms with Crippen LogP contribution in [0.3, 0.4) is 0 Å². The standard InChI is InChI=1S/C13H9BrCl2N4O/c1-21-13-11-12(17-6-18-13)20(10(5-15)19-11)7-2-3-8(14)9(16)4-7/h2-4,6H,5H2,1H3. The molecule has 0 aliphatic rings. The number of halogens is 3. The van der Waals surface area contributed by atoms with E-state index in [0.717, 1.165) is 10.2 Å². The minimum Gasteiger partial charge on any atom is -0.479 e. The molecule has 3 rings (SSSR count). The average Bonchev–Trinajstić information content (AvgIpc) is 2.88. The van der Waals surface area contributed by atoms with Crippen LogP contribution in [0.1, 0.15) is 5.82 Å². The van der Waals surface area contributed by atoms with Gasteiger partial charge in [0.15, 0.2) is 11.2 Å². The molecule has 2 heterocycles. The Morgan fingerprint density at radius 2 is 2.14 bits per heavy atom. The van der Waals surface area contributed by atoms with Crippen molar-refractivity contribution in [2.24, 2.45) is 0 Å². The molecule has 0 saturated carbocycles. The summed E-state index contributed by atoms with van der Waals surface area (Å²) in [5.74, 6) is 1.28. The number of hydrogen-bond acceptors (Lipinski definition) is 4. The van der Waals surface area contributed by atoms with Gasteiger partial charge in [-0.3, -0.25) is 4.57 Å². The number of ether oxygens (including phenoxy) is 1. The van der Waals surface area contributed by atoms with Crippen LogP contribution in [0.25, 0.3) is 16.9 Å². The summed E-state index contributed by atoms with van der Waals surface area (Å²) in [5.41, 5.74) is 2.01. The van der Waals surface area contributed by atoms with Crippen LogP contribution in [0.2, 0.25) is 5.02 Å². The number of benzene rings is 1. The normalized spacial score (nSPS) is 11.0. The van der Waals surface area contributed by atoms with Gasteiger partial charge in [-0.1, -0.05) is 11.6 Å². The molecule has 8 heteroatoms. The molecule has 2 aromatic heterocycles. The first-order valence-electron chi connectivity index (χ1n) is 5.93. The SMILES string of the molecule is COc1ncnc2c1nc(CCl)n2-c1ccc(Br)c(Cl)c1. The quantitative estimate of drug-likeness (QED) is 0.638. The van der Waals surface area contributed by atoms with Gasteiger partial charge in [0, 0.05) is 4.47 Å². The van der Waals surface area contributed by atoms with E-state index >= 15 is 0 Å². The van der Waals surface area contributed by atoms with Gasteiger partial charge in [-0.05, 0) is 34.1 Å². The molecule has 3 aromatic rings. The Balaban J connectivity index is 2.32. The topological polar surface area (TPSA) is 52.8 Å². The first-order chi connectivity index (χ1) is 10.2. The van der Waals surface area contributed by atoms with Crippen LogP contribution in [-0.2, 0) is 5.88 Å². The molecule has 0 unspecified atom stereocenters. The van der Waals surface area contributed by atoms with E-state index in [0.29, 0.717) is 27.9 Å². The fraction of sp³-hybridized carbons (Fsp3) is 0.154. The van der Waals surface area contributed by atoms with Crippen molar-refractivity contribution in [2.75, 3.05) is 7.11 Å². The lowest BCUT2D eigenvalue weighted by Crippen LogP contribution is -2.00. The summed E-state index contributed by atoms with van der Waals surface area (Å²) in [6, 6.07) is 5.58. The van der Waals surface area contributed by atoms with Gasteiger partial charge in [-0.2, -0.15) is 4.98 Å². The van der Waals surface area contributed by atoms with Gasteiger partial charge >= 0.3 is 0 Å². The second-order valence-corrected chi connectivity index (χ2v) is 5.68. The van der Waals surface area contributed by atoms with E-state index < -0.39 is 0 Å². The van der Waals surface area contributed by atoms with Gasteiger partial charge in [-0.15, -0.1) is 11.6 Å². The van der Waals surface area contributed by atoms with Gasteiger partial charge in [0.05, 0.1) is 23.7 Å². The van der Waals surface area contributed by atoms with Crippen LogP contribution in [0.4, 0.5) is 0 Å². The fourth-order valence-corrected chi connectivity index (χ4v) is 2.65. The van der Waals surface area contributed by atoms with Gasteiger partial charge < -0.3 is 4.74 Å². The van der Waals surface area contributed by atoms with Crippen molar-refractivity contribution in [1.82, 2.24) is 19.5 Å². The highest BCUT2D eigenvalue weighted by atomic mass is 79.9. The zero-order valence-electron chi connectivity index (χ0n) is 10.8. The first kappa shape index (κ1) is 14.6. The third-order valence-corrected chi connectivity index (χ3v) is 4.43. The molecular weight excluding hydrogens is 379 g/mol. The van der Waals surface area contributed by atoms with E-state index in [1.165, 1.54) is 13.4 Å². The fourth-order valence-electron chi connectivity index (χ4n) is 2.05. The highest BCUT2D eigenvalue weighted by molar-refractivity contribution is 9.10. The Bertz CT molecular complexity index is 821. The molecule has 0 radical (unpaired) electrons. The second-order valence-electron chi connectivity index (χ2n) is 4.15. The van der Waals surface area contributed by atoms with Crippen molar-refractivity contribution in [3.63, 3.8) is 0 Å². The molecule has 108 valence electrons. The molecule has 0 N–H and O–H groups in total. The summed E-state index contributed by atoms with van der Waals surface area (Å²) in [4.78, 5) is 12.8. The number of nitrogens with zero attached hydrogens (tertiary/aromatic N) is 4. The summed E-state index contributed by atoms with van der Waals surface area (Å²) in [6.07, 6.45) is 1.43. The van der Waals surface area contributed by atoms with E-state index in [2.05, 4.69) is 30.9 Å². The molecule has 0 amide bonds. The number of imidazole rings is 1. The van der Waals surface area contributed by atoms with Crippen LogP contribution in [0, 0.1) is 0 Å². The summed E-state index contributed by atoms with van der Waals surface area (Å²) < 4.78 is 7.87. The summed E-state index contributed by atoms with van der Waals surface area (Å²) in [7, 11) is 1.54. The van der Waals surface area contributed by atoms with E-state index in [9.17, 15) is 0 Å². The Morgan fingerprint density at radius 1 is 1.33 bits per heavy atom. The summed E-state index contributed by atoms with van der Waals surface area (Å²) >= 11 is 15.5. The maximum atomic E-state index is 6.16. The maximum Gasteiger partial charge on any atom is 0.245 e. The number of alkyl halides is 1. The number of fused-ring (bicyclic) bond motifs is 1. The van der Waals surface area contributed by atoms with Crippen LogP contribution >= 0.6 is 39.1 Å². The number of hydrogen-bond donors (Lipinski definition) is 0. The predicted molar refractivity (Wildman–Crippen MR) is 85.5 cm³/mol. The second kappa shape index (κ2) is 5.79. The molecule has 21 heavy (non-hydrogen) atoms. The molecule has 0 bridgehead atoms. The highest BCUT2D eigenvalue weighted by Gasteiger charge is 2.17. The number of methoxy groups -OCH3 is 1. The first-order valence-corrected chi connectivity index (χ1v) is 7.64. The Hall–Kier alpha value is -1.37. The van der Waals surface area contributed by atoms with E-state index in [4.69, 9.17) is 27.9 Å². The van der Waals surface area contributed by atoms with Crippen molar-refractivity contribution in [3.05, 3.63) is 39.8 Å². The molecule has 5 nitrogen and oxygen atoms in total. The monoisotopic (exact) mass is 386 g/mol. The smallest absolute Gasteiger partial charge is 0.245 e. The van der Waals surface area contributed by atoms with Crippen molar-refractivity contribution < 1.29 is 4.74 Å². The van der Waals surface area contributed by atoms with E-state index in [1.807, 2.05) is 22.8 Å². The predicted octanol–water partition coefficient (Wildman–Crippen LogP) is 3.98. The van der Waals surface area contributed by atoms with Crippen molar-refractivity contribution in [2.45, 2.75) is 5.88 Å².